The third-order valence-corrected chi connectivity index (χ3v) is 2.89. The van der Waals surface area contributed by atoms with Crippen LogP contribution in [0.15, 0.2) is 18.2 Å². The Bertz CT molecular complexity index is 491. The maximum atomic E-state index is 13.2. The van der Waals surface area contributed by atoms with Crippen molar-refractivity contribution in [3.63, 3.8) is 0 Å². The molecular formula is C14H19FN2O3. The number of hydrogen-bond donors (Lipinski definition) is 2. The van der Waals surface area contributed by atoms with Gasteiger partial charge in [0.2, 0.25) is 0 Å². The molecule has 0 radical (unpaired) electrons. The monoisotopic (exact) mass is 282 g/mol. The highest BCUT2D eigenvalue weighted by molar-refractivity contribution is 5.93. The summed E-state index contributed by atoms with van der Waals surface area (Å²) in [6, 6.07) is 3.12. The maximum absolute atomic E-state index is 13.2. The SMILES string of the molecule is CCCCCN(C)C(=O)Nc1ccc(F)c(C(=O)O)c1. The van der Waals surface area contributed by atoms with Gasteiger partial charge in [-0.05, 0) is 24.6 Å². The first-order valence-corrected chi connectivity index (χ1v) is 6.50. The normalized spacial score (nSPS) is 10.2. The summed E-state index contributed by atoms with van der Waals surface area (Å²) in [4.78, 5) is 24.2. The van der Waals surface area contributed by atoms with Gasteiger partial charge in [-0.25, -0.2) is 14.0 Å². The molecule has 0 bridgehead atoms. The van der Waals surface area contributed by atoms with Gasteiger partial charge in [-0.1, -0.05) is 19.8 Å². The van der Waals surface area contributed by atoms with E-state index < -0.39 is 17.3 Å². The van der Waals surface area contributed by atoms with Gasteiger partial charge >= 0.3 is 12.0 Å². The van der Waals surface area contributed by atoms with E-state index in [1.165, 1.54) is 11.0 Å². The number of carboxylic acid groups (broad SMARTS) is 1. The number of unbranched alkanes of at least 4 members (excludes halogenated alkanes) is 2. The van der Waals surface area contributed by atoms with Crippen LogP contribution >= 0.6 is 0 Å². The molecule has 1 rings (SSSR count). The minimum absolute atomic E-state index is 0.260. The van der Waals surface area contributed by atoms with Crippen LogP contribution in [0.4, 0.5) is 14.9 Å². The predicted molar refractivity (Wildman–Crippen MR) is 74.5 cm³/mol. The van der Waals surface area contributed by atoms with E-state index in [2.05, 4.69) is 12.2 Å². The van der Waals surface area contributed by atoms with Crippen molar-refractivity contribution in [2.75, 3.05) is 18.9 Å². The third-order valence-electron chi connectivity index (χ3n) is 2.89. The summed E-state index contributed by atoms with van der Waals surface area (Å²) in [5, 5.41) is 11.4. The van der Waals surface area contributed by atoms with Crippen LogP contribution in [0.1, 0.15) is 36.5 Å². The fourth-order valence-corrected chi connectivity index (χ4v) is 1.69. The largest absolute Gasteiger partial charge is 0.478 e. The van der Waals surface area contributed by atoms with Crippen molar-refractivity contribution in [3.05, 3.63) is 29.6 Å². The first-order valence-electron chi connectivity index (χ1n) is 6.50. The lowest BCUT2D eigenvalue weighted by molar-refractivity contribution is 0.0692. The molecular weight excluding hydrogens is 263 g/mol. The quantitative estimate of drug-likeness (QED) is 0.787. The second kappa shape index (κ2) is 7.47. The number of halogens is 1. The van der Waals surface area contributed by atoms with Crippen LogP contribution in [0.2, 0.25) is 0 Å². The lowest BCUT2D eigenvalue weighted by atomic mass is 10.2. The molecule has 0 aliphatic rings. The molecule has 0 aromatic heterocycles. The Hall–Kier alpha value is -2.11. The fraction of sp³-hybridized carbons (Fsp3) is 0.429. The molecule has 0 heterocycles. The van der Waals surface area contributed by atoms with E-state index in [9.17, 15) is 14.0 Å². The van der Waals surface area contributed by atoms with E-state index >= 15 is 0 Å². The zero-order valence-corrected chi connectivity index (χ0v) is 11.6. The van der Waals surface area contributed by atoms with Crippen molar-refractivity contribution in [1.29, 1.82) is 0 Å². The van der Waals surface area contributed by atoms with Crippen molar-refractivity contribution < 1.29 is 19.1 Å². The number of nitrogens with zero attached hydrogens (tertiary/aromatic N) is 1. The van der Waals surface area contributed by atoms with E-state index in [1.807, 2.05) is 0 Å². The third kappa shape index (κ3) is 4.53. The van der Waals surface area contributed by atoms with Gasteiger partial charge in [0.1, 0.15) is 5.82 Å². The highest BCUT2D eigenvalue weighted by atomic mass is 19.1. The van der Waals surface area contributed by atoms with Gasteiger partial charge in [-0.2, -0.15) is 0 Å². The van der Waals surface area contributed by atoms with Gasteiger partial charge in [0, 0.05) is 19.3 Å². The molecule has 0 fully saturated rings. The molecule has 0 atom stereocenters. The molecule has 20 heavy (non-hydrogen) atoms. The minimum Gasteiger partial charge on any atom is -0.478 e. The van der Waals surface area contributed by atoms with Gasteiger partial charge in [0.15, 0.2) is 0 Å². The average molecular weight is 282 g/mol. The first kappa shape index (κ1) is 15.9. The molecule has 2 N–H and O–H groups in total. The number of benzene rings is 1. The van der Waals surface area contributed by atoms with Gasteiger partial charge < -0.3 is 15.3 Å². The van der Waals surface area contributed by atoms with E-state index in [4.69, 9.17) is 5.11 Å². The standard InChI is InChI=1S/C14H19FN2O3/c1-3-4-5-8-17(2)14(20)16-10-6-7-12(15)11(9-10)13(18)19/h6-7,9H,3-5,8H2,1-2H3,(H,16,20)(H,18,19). The van der Waals surface area contributed by atoms with Crippen molar-refractivity contribution in [2.45, 2.75) is 26.2 Å². The number of anilines is 1. The highest BCUT2D eigenvalue weighted by Gasteiger charge is 2.13. The van der Waals surface area contributed by atoms with Crippen LogP contribution < -0.4 is 5.32 Å². The van der Waals surface area contributed by atoms with Crippen molar-refractivity contribution in [3.8, 4) is 0 Å². The Morgan fingerprint density at radius 1 is 1.35 bits per heavy atom. The molecule has 0 aliphatic heterocycles. The number of amides is 2. The summed E-state index contributed by atoms with van der Waals surface area (Å²) < 4.78 is 13.2. The number of carboxylic acids is 1. The fourth-order valence-electron chi connectivity index (χ4n) is 1.69. The Kier molecular flexibility index (Phi) is 5.96. The van der Waals surface area contributed by atoms with Crippen molar-refractivity contribution in [2.24, 2.45) is 0 Å². The Balaban J connectivity index is 2.66. The van der Waals surface area contributed by atoms with Crippen molar-refractivity contribution >= 4 is 17.7 Å². The van der Waals surface area contributed by atoms with Crippen LogP contribution in [0.25, 0.3) is 0 Å². The lowest BCUT2D eigenvalue weighted by Crippen LogP contribution is -2.32. The number of urea groups is 1. The van der Waals surface area contributed by atoms with Gasteiger partial charge in [0.05, 0.1) is 5.56 Å². The Labute approximate surface area is 117 Å². The van der Waals surface area contributed by atoms with Crippen LogP contribution in [-0.4, -0.2) is 35.6 Å². The summed E-state index contributed by atoms with van der Waals surface area (Å²) in [5.74, 6) is -2.19. The van der Waals surface area contributed by atoms with E-state index in [1.54, 1.807) is 7.05 Å². The number of carbonyl (C=O) groups is 2. The number of nitrogens with one attached hydrogen (secondary N) is 1. The second-order valence-corrected chi connectivity index (χ2v) is 4.56. The molecule has 2 amide bonds. The first-order chi connectivity index (χ1) is 9.45. The van der Waals surface area contributed by atoms with E-state index in [0.717, 1.165) is 31.4 Å². The molecule has 6 heteroatoms. The van der Waals surface area contributed by atoms with E-state index in [0.29, 0.717) is 6.54 Å². The molecule has 0 unspecified atom stereocenters. The molecule has 0 spiro atoms. The molecule has 0 saturated carbocycles. The molecule has 1 aromatic rings. The zero-order chi connectivity index (χ0) is 15.1. The summed E-state index contributed by atoms with van der Waals surface area (Å²) in [7, 11) is 1.66. The molecule has 1 aromatic carbocycles. The smallest absolute Gasteiger partial charge is 0.338 e. The summed E-state index contributed by atoms with van der Waals surface area (Å²) >= 11 is 0. The Morgan fingerprint density at radius 3 is 2.65 bits per heavy atom. The van der Waals surface area contributed by atoms with E-state index in [-0.39, 0.29) is 11.7 Å². The lowest BCUT2D eigenvalue weighted by Gasteiger charge is -2.18. The van der Waals surface area contributed by atoms with Crippen LogP contribution in [-0.2, 0) is 0 Å². The van der Waals surface area contributed by atoms with Crippen LogP contribution in [0.5, 0.6) is 0 Å². The summed E-state index contributed by atoms with van der Waals surface area (Å²) in [5.41, 5.74) is -0.201. The van der Waals surface area contributed by atoms with Gasteiger partial charge in [0.25, 0.3) is 0 Å². The minimum atomic E-state index is -1.37. The second-order valence-electron chi connectivity index (χ2n) is 4.56. The number of hydrogen-bond acceptors (Lipinski definition) is 2. The average Bonchev–Trinajstić information content (AvgIpc) is 2.40. The molecule has 110 valence electrons. The maximum Gasteiger partial charge on any atom is 0.338 e. The van der Waals surface area contributed by atoms with Crippen LogP contribution in [0.3, 0.4) is 0 Å². The zero-order valence-electron chi connectivity index (χ0n) is 11.6. The summed E-state index contributed by atoms with van der Waals surface area (Å²) in [6.07, 6.45) is 3.01. The number of carbonyl (C=O) groups excluding carboxylic acids is 1. The highest BCUT2D eigenvalue weighted by Crippen LogP contribution is 2.15. The van der Waals surface area contributed by atoms with Gasteiger partial charge in [-0.3, -0.25) is 0 Å². The molecule has 0 saturated heterocycles. The Morgan fingerprint density at radius 2 is 2.05 bits per heavy atom. The number of rotatable bonds is 6. The van der Waals surface area contributed by atoms with Gasteiger partial charge in [-0.15, -0.1) is 0 Å². The summed E-state index contributed by atoms with van der Waals surface area (Å²) in [6.45, 7) is 2.69. The molecule has 5 nitrogen and oxygen atoms in total. The topological polar surface area (TPSA) is 69.6 Å². The molecule has 0 aliphatic carbocycles. The number of aromatic carboxylic acids is 1. The van der Waals surface area contributed by atoms with Crippen LogP contribution in [0, 0.1) is 5.82 Å². The predicted octanol–water partition coefficient (Wildman–Crippen LogP) is 3.18. The van der Waals surface area contributed by atoms with Crippen molar-refractivity contribution in [1.82, 2.24) is 4.90 Å².